The number of likely N-dealkylation sites (tertiary alicyclic amines) is 1. The Labute approximate surface area is 109 Å². The number of rotatable bonds is 0. The summed E-state index contributed by atoms with van der Waals surface area (Å²) in [7, 11) is 2.27. The molecule has 2 bridgehead atoms. The molecule has 3 aliphatic rings. The third-order valence-electron chi connectivity index (χ3n) is 5.80. The predicted molar refractivity (Wildman–Crippen MR) is 71.9 cm³/mol. The van der Waals surface area contributed by atoms with Crippen LogP contribution < -0.4 is 0 Å². The third kappa shape index (κ3) is 1.17. The van der Waals surface area contributed by atoms with Crippen molar-refractivity contribution in [1.29, 1.82) is 0 Å². The first kappa shape index (κ1) is 10.9. The lowest BCUT2D eigenvalue weighted by atomic mass is 9.48. The molecule has 1 saturated carbocycles. The molecule has 4 rings (SSSR count). The molecule has 1 saturated heterocycles. The number of hydrogen-bond donors (Lipinski definition) is 1. The molecule has 1 heterocycles. The van der Waals surface area contributed by atoms with Gasteiger partial charge in [-0.25, -0.2) is 0 Å². The van der Waals surface area contributed by atoms with Gasteiger partial charge in [-0.15, -0.1) is 0 Å². The van der Waals surface area contributed by atoms with Crippen LogP contribution in [0.5, 0.6) is 5.75 Å². The summed E-state index contributed by atoms with van der Waals surface area (Å²) in [5, 5.41) is 9.76. The first-order valence-electron chi connectivity index (χ1n) is 7.05. The van der Waals surface area contributed by atoms with Crippen molar-refractivity contribution in [3.8, 4) is 5.75 Å². The molecule has 0 aromatic heterocycles. The Balaban J connectivity index is 1.85. The molecule has 96 valence electrons. The molecular formula is C16H21NO. The van der Waals surface area contributed by atoms with Crippen LogP contribution in [0.25, 0.3) is 0 Å². The van der Waals surface area contributed by atoms with Crippen LogP contribution in [0.2, 0.25) is 0 Å². The van der Waals surface area contributed by atoms with Gasteiger partial charge in [-0.05, 0) is 61.4 Å². The zero-order chi connectivity index (χ0) is 12.5. The Morgan fingerprint density at radius 2 is 2.22 bits per heavy atom. The second-order valence-electron chi connectivity index (χ2n) is 7.09. The van der Waals surface area contributed by atoms with Crippen molar-refractivity contribution in [3.63, 3.8) is 0 Å². The van der Waals surface area contributed by atoms with E-state index >= 15 is 0 Å². The number of phenolic OH excluding ortho intramolecular Hbond substituents is 1. The van der Waals surface area contributed by atoms with Crippen molar-refractivity contribution in [1.82, 2.24) is 4.90 Å². The molecule has 1 N–H and O–H groups in total. The second-order valence-corrected chi connectivity index (χ2v) is 7.09. The Morgan fingerprint density at radius 1 is 1.39 bits per heavy atom. The van der Waals surface area contributed by atoms with Gasteiger partial charge in [0.25, 0.3) is 0 Å². The molecule has 2 nitrogen and oxygen atoms in total. The Morgan fingerprint density at radius 3 is 3.00 bits per heavy atom. The molecule has 0 amide bonds. The Bertz CT molecular complexity index is 526. The standard InChI is InChI=1S/C16H21NO/c1-15-6-5-14-16(9-15,10-17(14)2)8-11-3-4-12(18)7-13(11)15/h3-4,7,14,18H,5-6,8-10H2,1-2H3/t14-,15-,16-/m0/s1. The summed E-state index contributed by atoms with van der Waals surface area (Å²) in [6.07, 6.45) is 5.11. The van der Waals surface area contributed by atoms with Crippen molar-refractivity contribution >= 4 is 0 Å². The fourth-order valence-electron chi connectivity index (χ4n) is 5.21. The number of phenols is 1. The van der Waals surface area contributed by atoms with E-state index in [1.807, 2.05) is 12.1 Å². The third-order valence-corrected chi connectivity index (χ3v) is 5.80. The van der Waals surface area contributed by atoms with Crippen LogP contribution in [-0.2, 0) is 11.8 Å². The summed E-state index contributed by atoms with van der Waals surface area (Å²) in [5.41, 5.74) is 3.73. The van der Waals surface area contributed by atoms with Crippen molar-refractivity contribution in [2.24, 2.45) is 5.41 Å². The monoisotopic (exact) mass is 243 g/mol. The molecular weight excluding hydrogens is 222 g/mol. The van der Waals surface area contributed by atoms with Gasteiger partial charge in [0.05, 0.1) is 0 Å². The highest BCUT2D eigenvalue weighted by Crippen LogP contribution is 2.60. The van der Waals surface area contributed by atoms with E-state index in [1.165, 1.54) is 43.4 Å². The van der Waals surface area contributed by atoms with E-state index in [-0.39, 0.29) is 0 Å². The molecule has 2 heteroatoms. The fraction of sp³-hybridized carbons (Fsp3) is 0.625. The number of fused-ring (bicyclic) bond motifs is 3. The van der Waals surface area contributed by atoms with Gasteiger partial charge in [0, 0.05) is 18.0 Å². The maximum Gasteiger partial charge on any atom is 0.115 e. The van der Waals surface area contributed by atoms with E-state index in [0.29, 0.717) is 16.6 Å². The quantitative estimate of drug-likeness (QED) is 0.757. The summed E-state index contributed by atoms with van der Waals surface area (Å²) in [4.78, 5) is 2.53. The molecule has 1 aliphatic heterocycles. The van der Waals surface area contributed by atoms with E-state index in [1.54, 1.807) is 0 Å². The molecule has 18 heavy (non-hydrogen) atoms. The molecule has 0 radical (unpaired) electrons. The molecule has 1 aromatic carbocycles. The number of nitrogens with zero attached hydrogens (tertiary/aromatic N) is 1. The van der Waals surface area contributed by atoms with Crippen molar-refractivity contribution in [2.45, 2.75) is 44.1 Å². The van der Waals surface area contributed by atoms with E-state index in [0.717, 1.165) is 6.04 Å². The van der Waals surface area contributed by atoms with Crippen molar-refractivity contribution in [2.75, 3.05) is 13.6 Å². The van der Waals surface area contributed by atoms with Crippen molar-refractivity contribution in [3.05, 3.63) is 29.3 Å². The van der Waals surface area contributed by atoms with Gasteiger partial charge >= 0.3 is 0 Å². The van der Waals surface area contributed by atoms with Gasteiger partial charge in [-0.3, -0.25) is 0 Å². The van der Waals surface area contributed by atoms with E-state index in [4.69, 9.17) is 0 Å². The summed E-state index contributed by atoms with van der Waals surface area (Å²) >= 11 is 0. The summed E-state index contributed by atoms with van der Waals surface area (Å²) in [6.45, 7) is 3.66. The van der Waals surface area contributed by atoms with Gasteiger partial charge in [-0.2, -0.15) is 0 Å². The van der Waals surface area contributed by atoms with Crippen LogP contribution in [0.3, 0.4) is 0 Å². The van der Waals surface area contributed by atoms with E-state index in [9.17, 15) is 5.11 Å². The van der Waals surface area contributed by atoms with E-state index < -0.39 is 0 Å². The van der Waals surface area contributed by atoms with Gasteiger partial charge in [-0.1, -0.05) is 13.0 Å². The van der Waals surface area contributed by atoms with Crippen LogP contribution in [0.1, 0.15) is 37.3 Å². The highest BCUT2D eigenvalue weighted by atomic mass is 16.3. The van der Waals surface area contributed by atoms with Crippen LogP contribution in [0.4, 0.5) is 0 Å². The lowest BCUT2D eigenvalue weighted by Gasteiger charge is -2.65. The van der Waals surface area contributed by atoms with Crippen LogP contribution >= 0.6 is 0 Å². The summed E-state index contributed by atoms with van der Waals surface area (Å²) < 4.78 is 0. The average Bonchev–Trinajstić information content (AvgIpc) is 2.29. The molecule has 0 unspecified atom stereocenters. The minimum Gasteiger partial charge on any atom is -0.508 e. The lowest BCUT2D eigenvalue weighted by molar-refractivity contribution is -0.113. The predicted octanol–water partition coefficient (Wildman–Crippen LogP) is 2.69. The smallest absolute Gasteiger partial charge is 0.115 e. The molecule has 1 aromatic rings. The molecule has 1 spiro atoms. The summed E-state index contributed by atoms with van der Waals surface area (Å²) in [5.74, 6) is 0.429. The normalized spacial score (nSPS) is 41.8. The minimum atomic E-state index is 0.296. The van der Waals surface area contributed by atoms with Gasteiger partial charge in [0.15, 0.2) is 0 Å². The average molecular weight is 243 g/mol. The highest BCUT2D eigenvalue weighted by molar-refractivity contribution is 5.45. The zero-order valence-electron chi connectivity index (χ0n) is 11.2. The molecule has 2 fully saturated rings. The van der Waals surface area contributed by atoms with Crippen molar-refractivity contribution < 1.29 is 5.11 Å². The van der Waals surface area contributed by atoms with Gasteiger partial charge in [0.2, 0.25) is 0 Å². The molecule has 3 atom stereocenters. The largest absolute Gasteiger partial charge is 0.508 e. The minimum absolute atomic E-state index is 0.296. The maximum atomic E-state index is 9.76. The zero-order valence-corrected chi connectivity index (χ0v) is 11.2. The Kier molecular flexibility index (Phi) is 1.87. The fourth-order valence-corrected chi connectivity index (χ4v) is 5.21. The number of hydrogen-bond acceptors (Lipinski definition) is 2. The number of aromatic hydroxyl groups is 1. The first-order chi connectivity index (χ1) is 8.52. The first-order valence-corrected chi connectivity index (χ1v) is 7.05. The highest BCUT2D eigenvalue weighted by Gasteiger charge is 2.59. The van der Waals surface area contributed by atoms with Gasteiger partial charge < -0.3 is 10.0 Å². The second kappa shape index (κ2) is 3.11. The topological polar surface area (TPSA) is 23.5 Å². The van der Waals surface area contributed by atoms with Crippen LogP contribution in [-0.4, -0.2) is 29.6 Å². The van der Waals surface area contributed by atoms with Crippen LogP contribution in [0.15, 0.2) is 18.2 Å². The summed E-state index contributed by atoms with van der Waals surface area (Å²) in [6, 6.07) is 6.83. The molecule has 2 aliphatic carbocycles. The SMILES string of the molecule is CN1C[C@@]23Cc4ccc(O)cc4[C@@](C)(CC[C@H]12)C3. The van der Waals surface area contributed by atoms with E-state index in [2.05, 4.69) is 24.9 Å². The van der Waals surface area contributed by atoms with Gasteiger partial charge in [0.1, 0.15) is 5.75 Å². The van der Waals surface area contributed by atoms with Crippen LogP contribution in [0, 0.1) is 5.41 Å². The lowest BCUT2D eigenvalue weighted by Crippen LogP contribution is -2.69. The maximum absolute atomic E-state index is 9.76. The Hall–Kier alpha value is -1.02. The number of benzene rings is 1.